The highest BCUT2D eigenvalue weighted by Gasteiger charge is 2.36. The molecule has 3 fully saturated rings. The van der Waals surface area contributed by atoms with E-state index < -0.39 is 5.97 Å². The number of carboxylic acids is 1. The summed E-state index contributed by atoms with van der Waals surface area (Å²) in [7, 11) is 0. The Hall–Kier alpha value is -3.58. The van der Waals surface area contributed by atoms with Gasteiger partial charge in [-0.3, -0.25) is 9.69 Å². The third-order valence-corrected chi connectivity index (χ3v) is 6.97. The van der Waals surface area contributed by atoms with Gasteiger partial charge in [0.1, 0.15) is 24.2 Å². The van der Waals surface area contributed by atoms with Crippen LogP contribution in [-0.4, -0.2) is 47.7 Å². The molecule has 3 aliphatic rings. The van der Waals surface area contributed by atoms with Crippen molar-refractivity contribution in [2.75, 3.05) is 19.6 Å². The molecular weight excluding hydrogens is 446 g/mol. The van der Waals surface area contributed by atoms with Gasteiger partial charge in [-0.2, -0.15) is 0 Å². The van der Waals surface area contributed by atoms with Crippen LogP contribution in [0.4, 0.5) is 0 Å². The molecule has 2 aromatic carbocycles. The Morgan fingerprint density at radius 3 is 2.46 bits per heavy atom. The van der Waals surface area contributed by atoms with Crippen LogP contribution in [0.15, 0.2) is 71.1 Å². The second-order valence-corrected chi connectivity index (χ2v) is 9.27. The molecule has 1 N–H and O–H groups in total. The third kappa shape index (κ3) is 5.57. The highest BCUT2D eigenvalue weighted by molar-refractivity contribution is 5.84. The maximum atomic E-state index is 13.1. The molecule has 3 saturated heterocycles. The number of benzene rings is 2. The number of hydrogen-bond acceptors (Lipinski definition) is 6. The minimum Gasteiger partial charge on any atom is -0.486 e. The zero-order chi connectivity index (χ0) is 24.2. The molecule has 2 bridgehead atoms. The maximum absolute atomic E-state index is 13.1. The van der Waals surface area contributed by atoms with E-state index in [-0.39, 0.29) is 36.8 Å². The SMILES string of the molecule is O=C(C[C@@H](c1ccccc1)c1cccc(OCc2ccc(C(=O)O)o2)c1)O[C@H]1CN2CCC1CC2. The van der Waals surface area contributed by atoms with Gasteiger partial charge in [-0.25, -0.2) is 4.79 Å². The number of carbonyl (C=O) groups excluding carboxylic acids is 1. The van der Waals surface area contributed by atoms with Crippen LogP contribution in [0.25, 0.3) is 0 Å². The van der Waals surface area contributed by atoms with Gasteiger partial charge in [-0.05, 0) is 67.2 Å². The van der Waals surface area contributed by atoms with Crippen molar-refractivity contribution in [2.24, 2.45) is 5.92 Å². The molecule has 0 saturated carbocycles. The number of rotatable bonds is 9. The van der Waals surface area contributed by atoms with Gasteiger partial charge in [0.25, 0.3) is 0 Å². The van der Waals surface area contributed by atoms with E-state index in [2.05, 4.69) is 4.90 Å². The maximum Gasteiger partial charge on any atom is 0.371 e. The summed E-state index contributed by atoms with van der Waals surface area (Å²) in [4.78, 5) is 26.5. The molecule has 2 atom stereocenters. The van der Waals surface area contributed by atoms with Gasteiger partial charge in [-0.1, -0.05) is 42.5 Å². The fraction of sp³-hybridized carbons (Fsp3) is 0.357. The predicted molar refractivity (Wildman–Crippen MR) is 128 cm³/mol. The van der Waals surface area contributed by atoms with Crippen LogP contribution in [0.1, 0.15) is 52.6 Å². The van der Waals surface area contributed by atoms with Gasteiger partial charge in [0.15, 0.2) is 0 Å². The van der Waals surface area contributed by atoms with E-state index in [1.54, 1.807) is 6.07 Å². The fourth-order valence-electron chi connectivity index (χ4n) is 5.09. The van der Waals surface area contributed by atoms with Crippen molar-refractivity contribution >= 4 is 11.9 Å². The van der Waals surface area contributed by atoms with Crippen molar-refractivity contribution < 1.29 is 28.6 Å². The highest BCUT2D eigenvalue weighted by atomic mass is 16.5. The van der Waals surface area contributed by atoms with E-state index in [0.717, 1.165) is 43.6 Å². The van der Waals surface area contributed by atoms with Crippen molar-refractivity contribution in [1.82, 2.24) is 4.90 Å². The van der Waals surface area contributed by atoms with Gasteiger partial charge in [0, 0.05) is 12.5 Å². The molecule has 0 radical (unpaired) electrons. The number of piperidine rings is 3. The van der Waals surface area contributed by atoms with Crippen LogP contribution >= 0.6 is 0 Å². The average Bonchev–Trinajstić information content (AvgIpc) is 3.37. The van der Waals surface area contributed by atoms with E-state index in [4.69, 9.17) is 19.0 Å². The standard InChI is InChI=1S/C28H29NO6/c30-27(35-26-17-29-13-11-20(26)12-14-29)16-24(19-5-2-1-3-6-19)21-7-4-8-22(15-21)33-18-23-9-10-25(34-23)28(31)32/h1-10,15,20,24,26H,11-14,16-18H2,(H,31,32)/t24-,26-/m0/s1. The van der Waals surface area contributed by atoms with Crippen LogP contribution in [0, 0.1) is 5.92 Å². The molecule has 7 nitrogen and oxygen atoms in total. The van der Waals surface area contributed by atoms with Gasteiger partial charge < -0.3 is 19.0 Å². The molecule has 0 aliphatic carbocycles. The lowest BCUT2D eigenvalue weighted by Crippen LogP contribution is -2.52. The monoisotopic (exact) mass is 475 g/mol. The number of carboxylic acid groups (broad SMARTS) is 1. The Morgan fingerprint density at radius 2 is 1.77 bits per heavy atom. The lowest BCUT2D eigenvalue weighted by atomic mass is 9.85. The summed E-state index contributed by atoms with van der Waals surface area (Å²) in [5, 5.41) is 9.02. The Bertz CT molecular complexity index is 1160. The van der Waals surface area contributed by atoms with E-state index in [0.29, 0.717) is 17.4 Å². The number of nitrogens with zero attached hydrogens (tertiary/aromatic N) is 1. The minimum atomic E-state index is -1.12. The van der Waals surface area contributed by atoms with Gasteiger partial charge in [0.2, 0.25) is 5.76 Å². The van der Waals surface area contributed by atoms with Gasteiger partial charge >= 0.3 is 11.9 Å². The molecular formula is C28H29NO6. The number of carbonyl (C=O) groups is 2. The molecule has 3 aromatic rings. The van der Waals surface area contributed by atoms with Gasteiger partial charge in [-0.15, -0.1) is 0 Å². The minimum absolute atomic E-state index is 0.0138. The lowest BCUT2D eigenvalue weighted by molar-refractivity contribution is -0.159. The van der Waals surface area contributed by atoms with Crippen molar-refractivity contribution in [3.8, 4) is 5.75 Å². The molecule has 0 unspecified atom stereocenters. The van der Waals surface area contributed by atoms with Crippen molar-refractivity contribution in [2.45, 2.75) is 37.9 Å². The smallest absolute Gasteiger partial charge is 0.371 e. The molecule has 1 aromatic heterocycles. The van der Waals surface area contributed by atoms with E-state index in [1.807, 2.05) is 54.6 Å². The van der Waals surface area contributed by atoms with Crippen molar-refractivity contribution in [1.29, 1.82) is 0 Å². The highest BCUT2D eigenvalue weighted by Crippen LogP contribution is 2.33. The largest absolute Gasteiger partial charge is 0.486 e. The first kappa shape index (κ1) is 23.2. The van der Waals surface area contributed by atoms with Crippen LogP contribution in [0.5, 0.6) is 5.75 Å². The summed E-state index contributed by atoms with van der Waals surface area (Å²) in [6.07, 6.45) is 2.43. The Labute approximate surface area is 204 Å². The number of ether oxygens (including phenoxy) is 2. The fourth-order valence-corrected chi connectivity index (χ4v) is 5.09. The van der Waals surface area contributed by atoms with Crippen LogP contribution in [0.2, 0.25) is 0 Å². The summed E-state index contributed by atoms with van der Waals surface area (Å²) >= 11 is 0. The van der Waals surface area contributed by atoms with Crippen molar-refractivity contribution in [3.63, 3.8) is 0 Å². The number of esters is 1. The van der Waals surface area contributed by atoms with E-state index in [9.17, 15) is 9.59 Å². The van der Waals surface area contributed by atoms with Gasteiger partial charge in [0.05, 0.1) is 6.42 Å². The molecule has 182 valence electrons. The number of hydrogen-bond donors (Lipinski definition) is 1. The Balaban J connectivity index is 1.29. The molecule has 3 aliphatic heterocycles. The first-order valence-corrected chi connectivity index (χ1v) is 12.1. The first-order chi connectivity index (χ1) is 17.0. The summed E-state index contributed by atoms with van der Waals surface area (Å²) < 4.78 is 17.1. The van der Waals surface area contributed by atoms with Crippen LogP contribution in [-0.2, 0) is 16.1 Å². The quantitative estimate of drug-likeness (QED) is 0.448. The molecule has 0 amide bonds. The molecule has 35 heavy (non-hydrogen) atoms. The molecule has 4 heterocycles. The number of fused-ring (bicyclic) bond motifs is 3. The average molecular weight is 476 g/mol. The summed E-state index contributed by atoms with van der Waals surface area (Å²) in [5.74, 6) is -0.0802. The predicted octanol–water partition coefficient (Wildman–Crippen LogP) is 4.72. The first-order valence-electron chi connectivity index (χ1n) is 12.1. The third-order valence-electron chi connectivity index (χ3n) is 6.97. The molecule has 6 rings (SSSR count). The topological polar surface area (TPSA) is 89.2 Å². The number of aromatic carboxylic acids is 1. The lowest BCUT2D eigenvalue weighted by Gasteiger charge is -2.44. The van der Waals surface area contributed by atoms with Crippen LogP contribution in [0.3, 0.4) is 0 Å². The second-order valence-electron chi connectivity index (χ2n) is 9.27. The Kier molecular flexibility index (Phi) is 6.86. The van der Waals surface area contributed by atoms with Crippen LogP contribution < -0.4 is 4.74 Å². The van der Waals surface area contributed by atoms with E-state index >= 15 is 0 Å². The zero-order valence-corrected chi connectivity index (χ0v) is 19.5. The van der Waals surface area contributed by atoms with E-state index in [1.165, 1.54) is 6.07 Å². The molecule has 7 heteroatoms. The Morgan fingerprint density at radius 1 is 1.00 bits per heavy atom. The van der Waals surface area contributed by atoms with Crippen molar-refractivity contribution in [3.05, 3.63) is 89.4 Å². The second kappa shape index (κ2) is 10.4. The normalized spacial score (nSPS) is 21.9. The zero-order valence-electron chi connectivity index (χ0n) is 19.5. The summed E-state index contributed by atoms with van der Waals surface area (Å²) in [6.45, 7) is 3.15. The molecule has 0 spiro atoms. The summed E-state index contributed by atoms with van der Waals surface area (Å²) in [5.41, 5.74) is 1.98. The number of furan rings is 1. The summed E-state index contributed by atoms with van der Waals surface area (Å²) in [6, 6.07) is 20.6.